The van der Waals surface area contributed by atoms with Gasteiger partial charge < -0.3 is 19.9 Å². The Bertz CT molecular complexity index is 436. The highest BCUT2D eigenvalue weighted by molar-refractivity contribution is 5.43. The summed E-state index contributed by atoms with van der Waals surface area (Å²) in [6, 6.07) is 4.54. The average Bonchev–Trinajstić information content (AvgIpc) is 2.46. The van der Waals surface area contributed by atoms with Crippen LogP contribution < -0.4 is 14.8 Å². The van der Waals surface area contributed by atoms with Gasteiger partial charge in [-0.2, -0.15) is 8.78 Å². The number of piperidine rings is 1. The first kappa shape index (κ1) is 15.0. The molecule has 1 aliphatic rings. The number of rotatable bonds is 5. The summed E-state index contributed by atoms with van der Waals surface area (Å²) >= 11 is 0. The van der Waals surface area contributed by atoms with Gasteiger partial charge in [-0.25, -0.2) is 0 Å². The van der Waals surface area contributed by atoms with Crippen molar-refractivity contribution >= 4 is 0 Å². The van der Waals surface area contributed by atoms with E-state index >= 15 is 0 Å². The van der Waals surface area contributed by atoms with Crippen molar-refractivity contribution in [2.24, 2.45) is 0 Å². The summed E-state index contributed by atoms with van der Waals surface area (Å²) in [7, 11) is 1.38. The van der Waals surface area contributed by atoms with E-state index in [4.69, 9.17) is 4.74 Å². The number of aliphatic hydroxyl groups is 1. The highest BCUT2D eigenvalue weighted by Crippen LogP contribution is 2.33. The molecule has 2 rings (SSSR count). The van der Waals surface area contributed by atoms with Gasteiger partial charge in [-0.1, -0.05) is 12.5 Å². The maximum atomic E-state index is 12.4. The van der Waals surface area contributed by atoms with E-state index in [0.717, 1.165) is 25.8 Å². The number of methoxy groups -OCH3 is 1. The SMILES string of the molecule is COc1ccc(C(O)C2CCCCN2)cc1OC(F)F. The van der Waals surface area contributed by atoms with Crippen LogP contribution in [0.15, 0.2) is 18.2 Å². The summed E-state index contributed by atoms with van der Waals surface area (Å²) in [6.07, 6.45) is 2.25. The minimum atomic E-state index is -2.93. The van der Waals surface area contributed by atoms with Crippen molar-refractivity contribution in [2.75, 3.05) is 13.7 Å². The Labute approximate surface area is 116 Å². The number of hydrogen-bond donors (Lipinski definition) is 2. The molecule has 1 fully saturated rings. The molecule has 6 heteroatoms. The maximum absolute atomic E-state index is 12.4. The van der Waals surface area contributed by atoms with Crippen LogP contribution in [0.3, 0.4) is 0 Å². The van der Waals surface area contributed by atoms with E-state index in [1.165, 1.54) is 19.2 Å². The van der Waals surface area contributed by atoms with Crippen LogP contribution in [0.4, 0.5) is 8.78 Å². The van der Waals surface area contributed by atoms with Crippen molar-refractivity contribution in [2.45, 2.75) is 38.0 Å². The Hall–Kier alpha value is -1.40. The first-order valence-electron chi connectivity index (χ1n) is 6.66. The van der Waals surface area contributed by atoms with E-state index < -0.39 is 12.7 Å². The maximum Gasteiger partial charge on any atom is 0.387 e. The lowest BCUT2D eigenvalue weighted by molar-refractivity contribution is -0.0513. The van der Waals surface area contributed by atoms with Gasteiger partial charge in [-0.3, -0.25) is 0 Å². The van der Waals surface area contributed by atoms with E-state index in [-0.39, 0.29) is 17.5 Å². The third-order valence-corrected chi connectivity index (χ3v) is 3.47. The molecule has 0 amide bonds. The van der Waals surface area contributed by atoms with E-state index in [2.05, 4.69) is 10.1 Å². The number of hydrogen-bond acceptors (Lipinski definition) is 4. The van der Waals surface area contributed by atoms with Crippen LogP contribution in [-0.4, -0.2) is 31.4 Å². The molecule has 0 aliphatic carbocycles. The minimum absolute atomic E-state index is 0.0588. The molecule has 0 saturated carbocycles. The topological polar surface area (TPSA) is 50.7 Å². The Morgan fingerprint density at radius 2 is 2.10 bits per heavy atom. The van der Waals surface area contributed by atoms with Crippen LogP contribution in [0.1, 0.15) is 30.9 Å². The summed E-state index contributed by atoms with van der Waals surface area (Å²) in [6.45, 7) is -2.07. The zero-order valence-corrected chi connectivity index (χ0v) is 11.3. The Morgan fingerprint density at radius 1 is 1.30 bits per heavy atom. The van der Waals surface area contributed by atoms with Gasteiger partial charge in [0.25, 0.3) is 0 Å². The van der Waals surface area contributed by atoms with Gasteiger partial charge >= 0.3 is 6.61 Å². The molecular formula is C14H19F2NO3. The van der Waals surface area contributed by atoms with Gasteiger partial charge in [0, 0.05) is 6.04 Å². The van der Waals surface area contributed by atoms with Crippen molar-refractivity contribution in [3.8, 4) is 11.5 Å². The molecule has 20 heavy (non-hydrogen) atoms. The number of aliphatic hydroxyl groups excluding tert-OH is 1. The zero-order valence-electron chi connectivity index (χ0n) is 11.3. The van der Waals surface area contributed by atoms with Crippen molar-refractivity contribution in [3.63, 3.8) is 0 Å². The van der Waals surface area contributed by atoms with Crippen molar-refractivity contribution in [1.29, 1.82) is 0 Å². The Kier molecular flexibility index (Phi) is 5.14. The fourth-order valence-corrected chi connectivity index (χ4v) is 2.45. The standard InChI is InChI=1S/C14H19F2NO3/c1-19-11-6-5-9(8-12(11)20-14(15)16)13(18)10-4-2-3-7-17-10/h5-6,8,10,13-14,17-18H,2-4,7H2,1H3. The van der Waals surface area contributed by atoms with Crippen LogP contribution in [0, 0.1) is 0 Å². The summed E-state index contributed by atoms with van der Waals surface area (Å²) in [5.41, 5.74) is 0.542. The van der Waals surface area contributed by atoms with Crippen LogP contribution in [0.25, 0.3) is 0 Å². The minimum Gasteiger partial charge on any atom is -0.493 e. The molecule has 1 saturated heterocycles. The molecule has 1 aliphatic heterocycles. The molecule has 1 heterocycles. The number of alkyl halides is 2. The molecular weight excluding hydrogens is 268 g/mol. The number of benzene rings is 1. The first-order chi connectivity index (χ1) is 9.61. The van der Waals surface area contributed by atoms with Gasteiger partial charge in [0.2, 0.25) is 0 Å². The van der Waals surface area contributed by atoms with Gasteiger partial charge in [-0.15, -0.1) is 0 Å². The molecule has 1 aromatic carbocycles. The predicted octanol–water partition coefficient (Wildman–Crippen LogP) is 2.47. The second-order valence-electron chi connectivity index (χ2n) is 4.79. The second kappa shape index (κ2) is 6.85. The number of nitrogens with one attached hydrogen (secondary N) is 1. The fraction of sp³-hybridized carbons (Fsp3) is 0.571. The molecule has 0 bridgehead atoms. The summed E-state index contributed by atoms with van der Waals surface area (Å²) < 4.78 is 34.1. The lowest BCUT2D eigenvalue weighted by Gasteiger charge is -2.28. The third kappa shape index (κ3) is 3.58. The predicted molar refractivity (Wildman–Crippen MR) is 70.2 cm³/mol. The van der Waals surface area contributed by atoms with E-state index in [1.54, 1.807) is 6.07 Å². The number of halogens is 2. The molecule has 0 aromatic heterocycles. The van der Waals surface area contributed by atoms with Crippen molar-refractivity contribution < 1.29 is 23.4 Å². The molecule has 4 nitrogen and oxygen atoms in total. The molecule has 2 N–H and O–H groups in total. The molecule has 2 unspecified atom stereocenters. The Balaban J connectivity index is 2.18. The molecule has 2 atom stereocenters. The summed E-state index contributed by atoms with van der Waals surface area (Å²) in [5.74, 6) is 0.160. The van der Waals surface area contributed by atoms with Gasteiger partial charge in [0.1, 0.15) is 0 Å². The highest BCUT2D eigenvalue weighted by atomic mass is 19.3. The van der Waals surface area contributed by atoms with Gasteiger partial charge in [0.05, 0.1) is 13.2 Å². The van der Waals surface area contributed by atoms with Crippen LogP contribution in [-0.2, 0) is 0 Å². The van der Waals surface area contributed by atoms with Crippen LogP contribution >= 0.6 is 0 Å². The number of ether oxygens (including phenoxy) is 2. The normalized spacial score (nSPS) is 20.8. The highest BCUT2D eigenvalue weighted by Gasteiger charge is 2.24. The fourth-order valence-electron chi connectivity index (χ4n) is 2.45. The smallest absolute Gasteiger partial charge is 0.387 e. The van der Waals surface area contributed by atoms with Crippen LogP contribution in [0.5, 0.6) is 11.5 Å². The molecule has 112 valence electrons. The van der Waals surface area contributed by atoms with Crippen molar-refractivity contribution in [1.82, 2.24) is 5.32 Å². The molecule has 0 radical (unpaired) electrons. The largest absolute Gasteiger partial charge is 0.493 e. The lowest BCUT2D eigenvalue weighted by Crippen LogP contribution is -2.38. The first-order valence-corrected chi connectivity index (χ1v) is 6.66. The third-order valence-electron chi connectivity index (χ3n) is 3.47. The monoisotopic (exact) mass is 287 g/mol. The average molecular weight is 287 g/mol. The summed E-state index contributed by atoms with van der Waals surface area (Å²) in [4.78, 5) is 0. The second-order valence-corrected chi connectivity index (χ2v) is 4.79. The summed E-state index contributed by atoms with van der Waals surface area (Å²) in [5, 5.41) is 13.6. The zero-order chi connectivity index (χ0) is 14.5. The molecule has 1 aromatic rings. The van der Waals surface area contributed by atoms with Gasteiger partial charge in [-0.05, 0) is 37.1 Å². The van der Waals surface area contributed by atoms with E-state index in [9.17, 15) is 13.9 Å². The Morgan fingerprint density at radius 3 is 2.70 bits per heavy atom. The van der Waals surface area contributed by atoms with Crippen molar-refractivity contribution in [3.05, 3.63) is 23.8 Å². The van der Waals surface area contributed by atoms with Crippen LogP contribution in [0.2, 0.25) is 0 Å². The lowest BCUT2D eigenvalue weighted by atomic mass is 9.95. The van der Waals surface area contributed by atoms with E-state index in [1.807, 2.05) is 0 Å². The van der Waals surface area contributed by atoms with Gasteiger partial charge in [0.15, 0.2) is 11.5 Å². The molecule has 0 spiro atoms. The quantitative estimate of drug-likeness (QED) is 0.873. The van der Waals surface area contributed by atoms with E-state index in [0.29, 0.717) is 5.56 Å².